The summed E-state index contributed by atoms with van der Waals surface area (Å²) in [7, 11) is 0. The van der Waals surface area contributed by atoms with E-state index < -0.39 is 0 Å². The topological polar surface area (TPSA) is 0 Å². The zero-order valence-corrected chi connectivity index (χ0v) is 14.4. The van der Waals surface area contributed by atoms with Gasteiger partial charge in [0.2, 0.25) is 0 Å². The van der Waals surface area contributed by atoms with Gasteiger partial charge in [-0.3, -0.25) is 0 Å². The molecule has 2 unspecified atom stereocenters. The number of hydrogen-bond donors (Lipinski definition) is 0. The molecule has 0 aliphatic carbocycles. The number of halogens is 1. The molecule has 0 heterocycles. The van der Waals surface area contributed by atoms with E-state index in [1.165, 1.54) is 34.2 Å². The van der Waals surface area contributed by atoms with Gasteiger partial charge in [-0.2, -0.15) is 0 Å². The van der Waals surface area contributed by atoms with Crippen molar-refractivity contribution in [2.75, 3.05) is 0 Å². The second-order valence-corrected chi connectivity index (χ2v) is 6.61. The summed E-state index contributed by atoms with van der Waals surface area (Å²) in [5.41, 5.74) is 6.77. The summed E-state index contributed by atoms with van der Waals surface area (Å²) >= 11 is 3.85. The standard InChI is InChI=1S/C19H23Br/c1-5-14(3)16-7-9-17(10-8-16)19(20)18-11-6-13(2)12-15(18)4/h6-12,14,19H,5H2,1-4H3. The Kier molecular flexibility index (Phi) is 5.04. The number of hydrogen-bond acceptors (Lipinski definition) is 0. The van der Waals surface area contributed by atoms with Gasteiger partial charge in [0.25, 0.3) is 0 Å². The summed E-state index contributed by atoms with van der Waals surface area (Å²) in [4.78, 5) is 0.272. The van der Waals surface area contributed by atoms with Gasteiger partial charge in [-0.1, -0.05) is 77.8 Å². The molecular weight excluding hydrogens is 308 g/mol. The summed E-state index contributed by atoms with van der Waals surface area (Å²) in [6.07, 6.45) is 1.19. The molecule has 2 aromatic carbocycles. The van der Waals surface area contributed by atoms with Crippen molar-refractivity contribution in [1.29, 1.82) is 0 Å². The first kappa shape index (κ1) is 15.3. The monoisotopic (exact) mass is 330 g/mol. The van der Waals surface area contributed by atoms with Crippen molar-refractivity contribution < 1.29 is 0 Å². The Hall–Kier alpha value is -1.08. The Morgan fingerprint density at radius 3 is 2.10 bits per heavy atom. The molecule has 0 nitrogen and oxygen atoms in total. The quantitative estimate of drug-likeness (QED) is 0.577. The maximum atomic E-state index is 3.85. The van der Waals surface area contributed by atoms with E-state index in [1.807, 2.05) is 0 Å². The predicted octanol–water partition coefficient (Wildman–Crippen LogP) is 6.30. The van der Waals surface area contributed by atoms with E-state index in [-0.39, 0.29) is 4.83 Å². The Balaban J connectivity index is 2.26. The third-order valence-corrected chi connectivity index (χ3v) is 5.13. The van der Waals surface area contributed by atoms with E-state index in [2.05, 4.69) is 86.1 Å². The molecule has 0 saturated heterocycles. The molecule has 0 N–H and O–H groups in total. The summed E-state index contributed by atoms with van der Waals surface area (Å²) in [5, 5.41) is 0. The van der Waals surface area contributed by atoms with Crippen molar-refractivity contribution in [2.24, 2.45) is 0 Å². The maximum Gasteiger partial charge on any atom is 0.0647 e. The van der Waals surface area contributed by atoms with Crippen molar-refractivity contribution >= 4 is 15.9 Å². The van der Waals surface area contributed by atoms with E-state index in [0.717, 1.165) is 0 Å². The maximum absolute atomic E-state index is 3.85. The highest BCUT2D eigenvalue weighted by Crippen LogP contribution is 2.34. The molecule has 2 atom stereocenters. The first-order valence-electron chi connectivity index (χ1n) is 7.34. The molecule has 0 aliphatic rings. The molecule has 0 fully saturated rings. The Morgan fingerprint density at radius 2 is 1.55 bits per heavy atom. The van der Waals surface area contributed by atoms with Crippen LogP contribution in [0.5, 0.6) is 0 Å². The number of alkyl halides is 1. The average Bonchev–Trinajstić information content (AvgIpc) is 2.46. The van der Waals surface area contributed by atoms with Crippen LogP contribution in [0.4, 0.5) is 0 Å². The molecule has 0 aliphatic heterocycles. The molecule has 0 spiro atoms. The molecule has 106 valence electrons. The van der Waals surface area contributed by atoms with E-state index in [9.17, 15) is 0 Å². The van der Waals surface area contributed by atoms with Crippen molar-refractivity contribution in [2.45, 2.75) is 44.9 Å². The normalized spacial score (nSPS) is 14.1. The highest BCUT2D eigenvalue weighted by Gasteiger charge is 2.13. The first-order valence-corrected chi connectivity index (χ1v) is 8.25. The van der Waals surface area contributed by atoms with Gasteiger partial charge >= 0.3 is 0 Å². The van der Waals surface area contributed by atoms with Gasteiger partial charge in [-0.25, -0.2) is 0 Å². The van der Waals surface area contributed by atoms with Crippen molar-refractivity contribution in [1.82, 2.24) is 0 Å². The van der Waals surface area contributed by atoms with E-state index in [0.29, 0.717) is 5.92 Å². The molecule has 0 saturated carbocycles. The lowest BCUT2D eigenvalue weighted by Crippen LogP contribution is -1.98. The summed E-state index contributed by atoms with van der Waals surface area (Å²) < 4.78 is 0. The molecule has 0 amide bonds. The van der Waals surface area contributed by atoms with Gasteiger partial charge in [0.15, 0.2) is 0 Å². The molecule has 1 heteroatoms. The average molecular weight is 331 g/mol. The van der Waals surface area contributed by atoms with Crippen LogP contribution in [-0.4, -0.2) is 0 Å². The van der Waals surface area contributed by atoms with Crippen LogP contribution < -0.4 is 0 Å². The second-order valence-electron chi connectivity index (χ2n) is 5.70. The number of benzene rings is 2. The Bertz CT molecular complexity index is 569. The van der Waals surface area contributed by atoms with Crippen molar-refractivity contribution in [3.8, 4) is 0 Å². The third-order valence-electron chi connectivity index (χ3n) is 4.11. The molecule has 2 rings (SSSR count). The SMILES string of the molecule is CCC(C)c1ccc(C(Br)c2ccc(C)cc2C)cc1. The van der Waals surface area contributed by atoms with Gasteiger partial charge < -0.3 is 0 Å². The van der Waals surface area contributed by atoms with E-state index >= 15 is 0 Å². The highest BCUT2D eigenvalue weighted by atomic mass is 79.9. The predicted molar refractivity (Wildman–Crippen MR) is 91.8 cm³/mol. The first-order chi connectivity index (χ1) is 9.52. The highest BCUT2D eigenvalue weighted by molar-refractivity contribution is 9.09. The minimum absolute atomic E-state index is 0.272. The fraction of sp³-hybridized carbons (Fsp3) is 0.368. The Morgan fingerprint density at radius 1 is 0.950 bits per heavy atom. The van der Waals surface area contributed by atoms with Crippen LogP contribution in [-0.2, 0) is 0 Å². The molecule has 2 aromatic rings. The summed E-state index contributed by atoms with van der Waals surface area (Å²) in [5.74, 6) is 0.638. The lowest BCUT2D eigenvalue weighted by Gasteiger charge is -2.16. The van der Waals surface area contributed by atoms with Crippen LogP contribution in [0.1, 0.15) is 58.8 Å². The smallest absolute Gasteiger partial charge is 0.0647 e. The summed E-state index contributed by atoms with van der Waals surface area (Å²) in [6, 6.07) is 15.7. The molecule has 20 heavy (non-hydrogen) atoms. The minimum Gasteiger partial charge on any atom is -0.0786 e. The lowest BCUT2D eigenvalue weighted by molar-refractivity contribution is 0.733. The van der Waals surface area contributed by atoms with Crippen molar-refractivity contribution in [3.05, 3.63) is 70.3 Å². The fourth-order valence-electron chi connectivity index (χ4n) is 2.52. The largest absolute Gasteiger partial charge is 0.0786 e. The van der Waals surface area contributed by atoms with Crippen LogP contribution in [0.25, 0.3) is 0 Å². The van der Waals surface area contributed by atoms with Crippen molar-refractivity contribution in [3.63, 3.8) is 0 Å². The number of aryl methyl sites for hydroxylation is 2. The van der Waals surface area contributed by atoms with Crippen LogP contribution in [0.2, 0.25) is 0 Å². The van der Waals surface area contributed by atoms with E-state index in [4.69, 9.17) is 0 Å². The van der Waals surface area contributed by atoms with Gasteiger partial charge in [0, 0.05) is 0 Å². The number of rotatable bonds is 4. The van der Waals surface area contributed by atoms with Crippen LogP contribution in [0.15, 0.2) is 42.5 Å². The molecule has 0 bridgehead atoms. The Labute approximate surface area is 131 Å². The molecule has 0 aromatic heterocycles. The zero-order valence-electron chi connectivity index (χ0n) is 12.8. The van der Waals surface area contributed by atoms with Crippen LogP contribution in [0, 0.1) is 13.8 Å². The second kappa shape index (κ2) is 6.58. The fourth-order valence-corrected chi connectivity index (χ4v) is 3.34. The van der Waals surface area contributed by atoms with E-state index in [1.54, 1.807) is 0 Å². The van der Waals surface area contributed by atoms with Gasteiger partial charge in [-0.05, 0) is 48.4 Å². The lowest BCUT2D eigenvalue weighted by atomic mass is 9.94. The van der Waals surface area contributed by atoms with Gasteiger partial charge in [-0.15, -0.1) is 0 Å². The molecular formula is C19H23Br. The van der Waals surface area contributed by atoms with Gasteiger partial charge in [0.05, 0.1) is 4.83 Å². The van der Waals surface area contributed by atoms with Gasteiger partial charge in [0.1, 0.15) is 0 Å². The van der Waals surface area contributed by atoms with Crippen LogP contribution in [0.3, 0.4) is 0 Å². The molecule has 0 radical (unpaired) electrons. The third kappa shape index (κ3) is 3.32. The van der Waals surface area contributed by atoms with Crippen LogP contribution >= 0.6 is 15.9 Å². The summed E-state index contributed by atoms with van der Waals surface area (Å²) in [6.45, 7) is 8.84. The minimum atomic E-state index is 0.272. The zero-order chi connectivity index (χ0) is 14.7.